The summed E-state index contributed by atoms with van der Waals surface area (Å²) in [6.07, 6.45) is 0. The molecule has 21 heavy (non-hydrogen) atoms. The van der Waals surface area contributed by atoms with E-state index in [0.29, 0.717) is 0 Å². The van der Waals surface area contributed by atoms with E-state index in [4.69, 9.17) is 5.73 Å². The Kier molecular flexibility index (Phi) is 3.67. The van der Waals surface area contributed by atoms with Crippen LogP contribution in [-0.4, -0.2) is 12.5 Å². The lowest BCUT2D eigenvalue weighted by Gasteiger charge is -2.14. The Labute approximate surface area is 123 Å². The second-order valence-corrected chi connectivity index (χ2v) is 4.83. The Morgan fingerprint density at radius 1 is 0.905 bits per heavy atom. The third kappa shape index (κ3) is 2.64. The van der Waals surface area contributed by atoms with E-state index in [0.717, 1.165) is 27.6 Å². The highest BCUT2D eigenvalue weighted by molar-refractivity contribution is 6.06. The largest absolute Gasteiger partial charge is 0.324 e. The molecule has 3 aromatic rings. The molecular formula is C18H16N2O. The van der Waals surface area contributed by atoms with Gasteiger partial charge in [0.25, 0.3) is 0 Å². The van der Waals surface area contributed by atoms with Crippen LogP contribution in [0.25, 0.3) is 21.9 Å². The quantitative estimate of drug-likeness (QED) is 0.770. The molecule has 0 radical (unpaired) electrons. The third-order valence-corrected chi connectivity index (χ3v) is 3.45. The molecule has 0 unspecified atom stereocenters. The number of hydrogen-bond donors (Lipinski definition) is 2. The minimum absolute atomic E-state index is 0.0267. The molecule has 1 amide bonds. The maximum absolute atomic E-state index is 11.7. The molecule has 3 rings (SSSR count). The van der Waals surface area contributed by atoms with E-state index in [1.807, 2.05) is 54.6 Å². The number of rotatable bonds is 3. The van der Waals surface area contributed by atoms with E-state index in [-0.39, 0.29) is 12.5 Å². The summed E-state index contributed by atoms with van der Waals surface area (Å²) in [5.41, 5.74) is 8.29. The Morgan fingerprint density at radius 3 is 2.38 bits per heavy atom. The van der Waals surface area contributed by atoms with Gasteiger partial charge in [-0.1, -0.05) is 60.7 Å². The molecule has 0 aliphatic heterocycles. The van der Waals surface area contributed by atoms with Crippen molar-refractivity contribution in [2.75, 3.05) is 11.9 Å². The predicted octanol–water partition coefficient (Wildman–Crippen LogP) is 3.40. The molecule has 0 spiro atoms. The lowest BCUT2D eigenvalue weighted by molar-refractivity contribution is -0.114. The highest BCUT2D eigenvalue weighted by Crippen LogP contribution is 2.35. The fourth-order valence-corrected chi connectivity index (χ4v) is 2.49. The molecule has 3 N–H and O–H groups in total. The Hall–Kier alpha value is -2.65. The molecule has 0 atom stereocenters. The lowest BCUT2D eigenvalue weighted by Crippen LogP contribution is -2.22. The number of amides is 1. The van der Waals surface area contributed by atoms with Crippen LogP contribution in [-0.2, 0) is 4.79 Å². The summed E-state index contributed by atoms with van der Waals surface area (Å²) in [4.78, 5) is 11.7. The summed E-state index contributed by atoms with van der Waals surface area (Å²) in [7, 11) is 0. The van der Waals surface area contributed by atoms with Crippen LogP contribution in [0.3, 0.4) is 0 Å². The monoisotopic (exact) mass is 276 g/mol. The van der Waals surface area contributed by atoms with Crippen LogP contribution in [0.1, 0.15) is 0 Å². The molecule has 0 aliphatic carbocycles. The van der Waals surface area contributed by atoms with Gasteiger partial charge in [-0.3, -0.25) is 4.79 Å². The van der Waals surface area contributed by atoms with E-state index < -0.39 is 0 Å². The first-order valence-corrected chi connectivity index (χ1v) is 6.86. The van der Waals surface area contributed by atoms with Crippen molar-refractivity contribution < 1.29 is 4.79 Å². The maximum Gasteiger partial charge on any atom is 0.238 e. The van der Waals surface area contributed by atoms with E-state index in [1.54, 1.807) is 0 Å². The van der Waals surface area contributed by atoms with Gasteiger partial charge in [0.1, 0.15) is 0 Å². The second kappa shape index (κ2) is 5.77. The van der Waals surface area contributed by atoms with Crippen molar-refractivity contribution in [3.63, 3.8) is 0 Å². The predicted molar refractivity (Wildman–Crippen MR) is 87.1 cm³/mol. The van der Waals surface area contributed by atoms with Crippen molar-refractivity contribution in [1.82, 2.24) is 0 Å². The number of nitrogens with two attached hydrogens (primary N) is 1. The zero-order chi connectivity index (χ0) is 14.7. The highest BCUT2D eigenvalue weighted by atomic mass is 16.1. The van der Waals surface area contributed by atoms with Crippen molar-refractivity contribution in [2.45, 2.75) is 0 Å². The van der Waals surface area contributed by atoms with Crippen LogP contribution < -0.4 is 11.1 Å². The molecule has 0 saturated carbocycles. The Morgan fingerprint density at radius 2 is 1.62 bits per heavy atom. The van der Waals surface area contributed by atoms with E-state index >= 15 is 0 Å². The number of hydrogen-bond acceptors (Lipinski definition) is 2. The van der Waals surface area contributed by atoms with Crippen molar-refractivity contribution in [2.24, 2.45) is 5.73 Å². The summed E-state index contributed by atoms with van der Waals surface area (Å²) >= 11 is 0. The van der Waals surface area contributed by atoms with Crippen LogP contribution in [0.5, 0.6) is 0 Å². The molecule has 0 heterocycles. The van der Waals surface area contributed by atoms with Gasteiger partial charge in [0.2, 0.25) is 5.91 Å². The van der Waals surface area contributed by atoms with E-state index in [9.17, 15) is 4.79 Å². The van der Waals surface area contributed by atoms with Crippen LogP contribution in [0.15, 0.2) is 66.7 Å². The number of carbonyl (C=O) groups is 1. The van der Waals surface area contributed by atoms with Crippen molar-refractivity contribution in [1.29, 1.82) is 0 Å². The van der Waals surface area contributed by atoms with Crippen molar-refractivity contribution in [3.8, 4) is 11.1 Å². The first-order chi connectivity index (χ1) is 10.3. The Balaban J connectivity index is 2.25. The van der Waals surface area contributed by atoms with Gasteiger partial charge in [0.15, 0.2) is 0 Å². The van der Waals surface area contributed by atoms with Crippen LogP contribution in [0, 0.1) is 0 Å². The average molecular weight is 276 g/mol. The molecular weight excluding hydrogens is 260 g/mol. The van der Waals surface area contributed by atoms with Gasteiger partial charge < -0.3 is 11.1 Å². The zero-order valence-electron chi connectivity index (χ0n) is 11.5. The minimum atomic E-state index is -0.192. The normalized spacial score (nSPS) is 10.5. The molecule has 0 saturated heterocycles. The lowest BCUT2D eigenvalue weighted by atomic mass is 9.96. The fraction of sp³-hybridized carbons (Fsp3) is 0.0556. The van der Waals surface area contributed by atoms with Gasteiger partial charge >= 0.3 is 0 Å². The van der Waals surface area contributed by atoms with Crippen molar-refractivity contribution >= 4 is 22.4 Å². The van der Waals surface area contributed by atoms with Crippen LogP contribution in [0.4, 0.5) is 5.69 Å². The third-order valence-electron chi connectivity index (χ3n) is 3.45. The first-order valence-electron chi connectivity index (χ1n) is 6.86. The summed E-state index contributed by atoms with van der Waals surface area (Å²) < 4.78 is 0. The fourth-order valence-electron chi connectivity index (χ4n) is 2.49. The summed E-state index contributed by atoms with van der Waals surface area (Å²) in [5.74, 6) is -0.192. The van der Waals surface area contributed by atoms with Gasteiger partial charge in [-0.15, -0.1) is 0 Å². The average Bonchev–Trinajstić information content (AvgIpc) is 2.55. The number of carbonyl (C=O) groups excluding carboxylic acids is 1. The molecule has 0 fully saturated rings. The standard InChI is InChI=1S/C18H16N2O/c19-12-17(21)20-16-11-10-13-6-4-5-9-15(13)18(16)14-7-2-1-3-8-14/h1-11H,12,19H2,(H,20,21). The van der Waals surface area contributed by atoms with E-state index in [1.165, 1.54) is 0 Å². The zero-order valence-corrected chi connectivity index (χ0v) is 11.5. The molecule has 0 aromatic heterocycles. The summed E-state index contributed by atoms with van der Waals surface area (Å²) in [5, 5.41) is 5.14. The maximum atomic E-state index is 11.7. The molecule has 3 aromatic carbocycles. The number of nitrogens with one attached hydrogen (secondary N) is 1. The van der Waals surface area contributed by atoms with Gasteiger partial charge in [-0.25, -0.2) is 0 Å². The van der Waals surface area contributed by atoms with Crippen LogP contribution in [0.2, 0.25) is 0 Å². The smallest absolute Gasteiger partial charge is 0.238 e. The van der Waals surface area contributed by atoms with Gasteiger partial charge in [0, 0.05) is 11.3 Å². The minimum Gasteiger partial charge on any atom is -0.324 e. The Bertz CT molecular complexity index is 782. The van der Waals surface area contributed by atoms with Gasteiger partial charge in [-0.2, -0.15) is 0 Å². The topological polar surface area (TPSA) is 55.1 Å². The molecule has 3 nitrogen and oxygen atoms in total. The second-order valence-electron chi connectivity index (χ2n) is 4.83. The highest BCUT2D eigenvalue weighted by Gasteiger charge is 2.11. The number of anilines is 1. The van der Waals surface area contributed by atoms with Gasteiger partial charge in [0.05, 0.1) is 6.54 Å². The number of fused-ring (bicyclic) bond motifs is 1. The van der Waals surface area contributed by atoms with Crippen molar-refractivity contribution in [3.05, 3.63) is 66.7 Å². The summed E-state index contributed by atoms with van der Waals surface area (Å²) in [6.45, 7) is -0.0267. The summed E-state index contributed by atoms with van der Waals surface area (Å²) in [6, 6.07) is 22.1. The van der Waals surface area contributed by atoms with E-state index in [2.05, 4.69) is 17.4 Å². The molecule has 0 bridgehead atoms. The SMILES string of the molecule is NCC(=O)Nc1ccc2ccccc2c1-c1ccccc1. The molecule has 3 heteroatoms. The van der Waals surface area contributed by atoms with Crippen LogP contribution >= 0.6 is 0 Å². The first kappa shape index (κ1) is 13.3. The molecule has 104 valence electrons. The number of benzene rings is 3. The molecule has 0 aliphatic rings. The van der Waals surface area contributed by atoms with Gasteiger partial charge in [-0.05, 0) is 22.4 Å².